The lowest BCUT2D eigenvalue weighted by Crippen LogP contribution is -2.27. The quantitative estimate of drug-likeness (QED) is 0.676. The second-order valence-corrected chi connectivity index (χ2v) is 6.42. The van der Waals surface area contributed by atoms with Crippen LogP contribution in [0.3, 0.4) is 0 Å². The minimum Gasteiger partial charge on any atom is -0.369 e. The summed E-state index contributed by atoms with van der Waals surface area (Å²) in [6.45, 7) is 4.21. The molecule has 0 fully saturated rings. The van der Waals surface area contributed by atoms with E-state index in [9.17, 15) is 9.59 Å². The minimum atomic E-state index is -0.461. The first-order valence-electron chi connectivity index (χ1n) is 6.60. The molecule has 1 heterocycles. The SMILES string of the molecule is CCCn1c(S[C@H](C)C(N)=O)nc2cc(Cl)ccc2c1=O. The van der Waals surface area contributed by atoms with Crippen molar-refractivity contribution in [3.8, 4) is 0 Å². The van der Waals surface area contributed by atoms with E-state index in [1.54, 1.807) is 29.7 Å². The molecule has 21 heavy (non-hydrogen) atoms. The van der Waals surface area contributed by atoms with Crippen molar-refractivity contribution in [1.29, 1.82) is 0 Å². The number of amides is 1. The van der Waals surface area contributed by atoms with Gasteiger partial charge in [0.1, 0.15) is 0 Å². The van der Waals surface area contributed by atoms with Crippen molar-refractivity contribution in [2.75, 3.05) is 0 Å². The maximum atomic E-state index is 12.6. The highest BCUT2D eigenvalue weighted by molar-refractivity contribution is 8.00. The zero-order valence-corrected chi connectivity index (χ0v) is 13.4. The largest absolute Gasteiger partial charge is 0.369 e. The number of rotatable bonds is 5. The monoisotopic (exact) mass is 325 g/mol. The fraction of sp³-hybridized carbons (Fsp3) is 0.357. The van der Waals surface area contributed by atoms with Crippen LogP contribution >= 0.6 is 23.4 Å². The Morgan fingerprint density at radius 1 is 1.52 bits per heavy atom. The Labute approximate surface area is 131 Å². The second-order valence-electron chi connectivity index (χ2n) is 4.68. The standard InChI is InChI=1S/C14H16ClN3O2S/c1-3-6-18-13(20)10-5-4-9(15)7-11(10)17-14(18)21-8(2)12(16)19/h4-5,7-8H,3,6H2,1-2H3,(H2,16,19)/t8-/m1/s1. The predicted octanol–water partition coefficient (Wildman–Crippen LogP) is 2.43. The molecule has 2 rings (SSSR count). The lowest BCUT2D eigenvalue weighted by atomic mass is 10.2. The van der Waals surface area contributed by atoms with Gasteiger partial charge in [0.2, 0.25) is 5.91 Å². The minimum absolute atomic E-state index is 0.127. The van der Waals surface area contributed by atoms with Gasteiger partial charge in [0.25, 0.3) is 5.56 Å². The molecule has 1 atom stereocenters. The fourth-order valence-corrected chi connectivity index (χ4v) is 2.95. The third-order valence-electron chi connectivity index (χ3n) is 3.01. The molecule has 0 aliphatic carbocycles. The van der Waals surface area contributed by atoms with E-state index >= 15 is 0 Å². The van der Waals surface area contributed by atoms with E-state index in [1.807, 2.05) is 6.92 Å². The number of halogens is 1. The van der Waals surface area contributed by atoms with E-state index in [-0.39, 0.29) is 5.56 Å². The third kappa shape index (κ3) is 3.39. The molecule has 2 N–H and O–H groups in total. The van der Waals surface area contributed by atoms with Gasteiger partial charge in [-0.1, -0.05) is 30.3 Å². The molecule has 1 aromatic heterocycles. The van der Waals surface area contributed by atoms with Gasteiger partial charge in [0, 0.05) is 11.6 Å². The van der Waals surface area contributed by atoms with E-state index in [1.165, 1.54) is 11.8 Å². The number of benzene rings is 1. The van der Waals surface area contributed by atoms with Crippen molar-refractivity contribution in [2.24, 2.45) is 5.73 Å². The normalized spacial score (nSPS) is 12.5. The number of carbonyl (C=O) groups excluding carboxylic acids is 1. The Morgan fingerprint density at radius 3 is 2.86 bits per heavy atom. The molecule has 0 unspecified atom stereocenters. The molecule has 0 radical (unpaired) electrons. The van der Waals surface area contributed by atoms with Gasteiger partial charge in [0.05, 0.1) is 16.2 Å². The van der Waals surface area contributed by atoms with Crippen molar-refractivity contribution < 1.29 is 4.79 Å². The predicted molar refractivity (Wildman–Crippen MR) is 85.8 cm³/mol. The maximum absolute atomic E-state index is 12.6. The average Bonchev–Trinajstić information content (AvgIpc) is 2.42. The molecular formula is C14H16ClN3O2S. The van der Waals surface area contributed by atoms with Crippen LogP contribution in [0.4, 0.5) is 0 Å². The number of hydrogen-bond donors (Lipinski definition) is 1. The number of aromatic nitrogens is 2. The lowest BCUT2D eigenvalue weighted by molar-refractivity contribution is -0.117. The summed E-state index contributed by atoms with van der Waals surface area (Å²) in [4.78, 5) is 28.3. The van der Waals surface area contributed by atoms with Crippen molar-refractivity contribution in [3.63, 3.8) is 0 Å². The molecule has 1 aromatic carbocycles. The fourth-order valence-electron chi connectivity index (χ4n) is 1.90. The summed E-state index contributed by atoms with van der Waals surface area (Å²) >= 11 is 7.14. The van der Waals surface area contributed by atoms with Crippen LogP contribution < -0.4 is 11.3 Å². The third-order valence-corrected chi connectivity index (χ3v) is 4.36. The molecule has 0 aliphatic rings. The summed E-state index contributed by atoms with van der Waals surface area (Å²) in [5.41, 5.74) is 5.69. The molecule has 5 nitrogen and oxygen atoms in total. The molecule has 0 spiro atoms. The van der Waals surface area contributed by atoms with Gasteiger partial charge in [-0.3, -0.25) is 14.2 Å². The number of carbonyl (C=O) groups is 1. The molecule has 0 saturated heterocycles. The maximum Gasteiger partial charge on any atom is 0.262 e. The number of primary amides is 1. The highest BCUT2D eigenvalue weighted by atomic mass is 35.5. The van der Waals surface area contributed by atoms with E-state index in [4.69, 9.17) is 17.3 Å². The summed E-state index contributed by atoms with van der Waals surface area (Å²) in [6.07, 6.45) is 0.791. The van der Waals surface area contributed by atoms with Crippen molar-refractivity contribution in [3.05, 3.63) is 33.6 Å². The van der Waals surface area contributed by atoms with Gasteiger partial charge in [-0.25, -0.2) is 4.98 Å². The van der Waals surface area contributed by atoms with E-state index in [2.05, 4.69) is 4.98 Å². The molecule has 0 aliphatic heterocycles. The Hall–Kier alpha value is -1.53. The number of hydrogen-bond acceptors (Lipinski definition) is 4. The van der Waals surface area contributed by atoms with Gasteiger partial charge < -0.3 is 5.73 Å². The van der Waals surface area contributed by atoms with Gasteiger partial charge >= 0.3 is 0 Å². The van der Waals surface area contributed by atoms with Crippen molar-refractivity contribution in [2.45, 2.75) is 37.2 Å². The topological polar surface area (TPSA) is 78.0 Å². The van der Waals surface area contributed by atoms with E-state index < -0.39 is 11.2 Å². The van der Waals surface area contributed by atoms with Crippen LogP contribution in [0.5, 0.6) is 0 Å². The van der Waals surface area contributed by atoms with Crippen LogP contribution in [-0.2, 0) is 11.3 Å². The van der Waals surface area contributed by atoms with Crippen LogP contribution in [0, 0.1) is 0 Å². The molecule has 2 aromatic rings. The molecule has 7 heteroatoms. The molecule has 1 amide bonds. The molecule has 0 saturated carbocycles. The Morgan fingerprint density at radius 2 is 2.24 bits per heavy atom. The van der Waals surface area contributed by atoms with Crippen LogP contribution in [0.1, 0.15) is 20.3 Å². The van der Waals surface area contributed by atoms with Crippen LogP contribution in [0.15, 0.2) is 28.2 Å². The summed E-state index contributed by atoms with van der Waals surface area (Å²) in [5.74, 6) is -0.441. The highest BCUT2D eigenvalue weighted by Crippen LogP contribution is 2.23. The highest BCUT2D eigenvalue weighted by Gasteiger charge is 2.17. The van der Waals surface area contributed by atoms with Crippen molar-refractivity contribution >= 4 is 40.2 Å². The number of nitrogens with two attached hydrogens (primary N) is 1. The summed E-state index contributed by atoms with van der Waals surface area (Å²) in [5, 5.41) is 1.06. The first kappa shape index (κ1) is 15.9. The summed E-state index contributed by atoms with van der Waals surface area (Å²) in [6, 6.07) is 4.99. The van der Waals surface area contributed by atoms with Gasteiger partial charge in [0.15, 0.2) is 5.16 Å². The lowest BCUT2D eigenvalue weighted by Gasteiger charge is -2.14. The number of nitrogens with zero attached hydrogens (tertiary/aromatic N) is 2. The Balaban J connectivity index is 2.63. The number of thioether (sulfide) groups is 1. The van der Waals surface area contributed by atoms with Crippen molar-refractivity contribution in [1.82, 2.24) is 9.55 Å². The molecule has 0 bridgehead atoms. The number of fused-ring (bicyclic) bond motifs is 1. The average molecular weight is 326 g/mol. The first-order valence-corrected chi connectivity index (χ1v) is 7.86. The van der Waals surface area contributed by atoms with Gasteiger partial charge in [-0.05, 0) is 31.5 Å². The van der Waals surface area contributed by atoms with Gasteiger partial charge in [-0.2, -0.15) is 0 Å². The second kappa shape index (κ2) is 6.49. The van der Waals surface area contributed by atoms with Crippen LogP contribution in [-0.4, -0.2) is 20.7 Å². The Kier molecular flexibility index (Phi) is 4.90. The first-order chi connectivity index (χ1) is 9.93. The Bertz CT molecular complexity index is 745. The van der Waals surface area contributed by atoms with E-state index in [0.29, 0.717) is 27.6 Å². The molecular weight excluding hydrogens is 310 g/mol. The summed E-state index contributed by atoms with van der Waals surface area (Å²) < 4.78 is 1.58. The van der Waals surface area contributed by atoms with E-state index in [0.717, 1.165) is 6.42 Å². The smallest absolute Gasteiger partial charge is 0.262 e. The zero-order valence-electron chi connectivity index (χ0n) is 11.8. The summed E-state index contributed by atoms with van der Waals surface area (Å²) in [7, 11) is 0. The van der Waals surface area contributed by atoms with Crippen LogP contribution in [0.25, 0.3) is 10.9 Å². The van der Waals surface area contributed by atoms with Crippen LogP contribution in [0.2, 0.25) is 5.02 Å². The van der Waals surface area contributed by atoms with Gasteiger partial charge in [-0.15, -0.1) is 0 Å². The molecule has 112 valence electrons. The zero-order chi connectivity index (χ0) is 15.6.